The second-order valence-electron chi connectivity index (χ2n) is 4.82. The highest BCUT2D eigenvalue weighted by Crippen LogP contribution is 2.30. The maximum Gasteiger partial charge on any atom is 0.288 e. The van der Waals surface area contributed by atoms with Crippen molar-refractivity contribution in [2.75, 3.05) is 25.1 Å². The van der Waals surface area contributed by atoms with Gasteiger partial charge in [0.15, 0.2) is 0 Å². The summed E-state index contributed by atoms with van der Waals surface area (Å²) in [5.74, 6) is 0.612. The van der Waals surface area contributed by atoms with Crippen LogP contribution in [-0.4, -0.2) is 24.7 Å². The molecule has 1 saturated heterocycles. The largest absolute Gasteiger partial charge is 0.385 e. The van der Waals surface area contributed by atoms with E-state index < -0.39 is 4.92 Å². The van der Waals surface area contributed by atoms with Crippen molar-refractivity contribution in [3.05, 3.63) is 32.8 Å². The molecule has 1 atom stereocenters. The highest BCUT2D eigenvalue weighted by molar-refractivity contribution is 6.33. The van der Waals surface area contributed by atoms with Crippen LogP contribution < -0.4 is 5.32 Å². The Morgan fingerprint density at radius 3 is 3.00 bits per heavy atom. The van der Waals surface area contributed by atoms with Crippen LogP contribution in [0.1, 0.15) is 18.4 Å². The zero-order valence-electron chi connectivity index (χ0n) is 10.8. The smallest absolute Gasteiger partial charge is 0.288 e. The predicted octanol–water partition coefficient (Wildman–Crippen LogP) is 3.40. The first kappa shape index (κ1) is 14.1. The van der Waals surface area contributed by atoms with Crippen molar-refractivity contribution >= 4 is 23.0 Å². The SMILES string of the molecule is Cc1cc([N+](=O)[O-])c(Cl)cc1NCCC1CCOC1. The molecule has 1 aliphatic rings. The minimum absolute atomic E-state index is 0.0473. The van der Waals surface area contributed by atoms with Gasteiger partial charge in [-0.05, 0) is 37.3 Å². The quantitative estimate of drug-likeness (QED) is 0.665. The van der Waals surface area contributed by atoms with E-state index in [2.05, 4.69) is 5.32 Å². The maximum absolute atomic E-state index is 10.8. The number of nitrogens with one attached hydrogen (secondary N) is 1. The minimum Gasteiger partial charge on any atom is -0.385 e. The lowest BCUT2D eigenvalue weighted by Crippen LogP contribution is -2.10. The number of halogens is 1. The number of hydrogen-bond donors (Lipinski definition) is 1. The summed E-state index contributed by atoms with van der Waals surface area (Å²) < 4.78 is 5.32. The van der Waals surface area contributed by atoms with Gasteiger partial charge in [0.25, 0.3) is 5.69 Å². The summed E-state index contributed by atoms with van der Waals surface area (Å²) in [7, 11) is 0. The zero-order valence-corrected chi connectivity index (χ0v) is 11.6. The zero-order chi connectivity index (χ0) is 13.8. The van der Waals surface area contributed by atoms with Gasteiger partial charge in [0.1, 0.15) is 5.02 Å². The number of nitro benzene ring substituents is 1. The molecule has 1 fully saturated rings. The second kappa shape index (κ2) is 6.21. The van der Waals surface area contributed by atoms with E-state index in [1.165, 1.54) is 6.07 Å². The molecule has 1 unspecified atom stereocenters. The fourth-order valence-corrected chi connectivity index (χ4v) is 2.45. The van der Waals surface area contributed by atoms with Crippen molar-refractivity contribution in [3.8, 4) is 0 Å². The van der Waals surface area contributed by atoms with Gasteiger partial charge in [-0.25, -0.2) is 0 Å². The van der Waals surface area contributed by atoms with E-state index in [-0.39, 0.29) is 10.7 Å². The Bertz CT molecular complexity index is 473. The molecule has 0 radical (unpaired) electrons. The number of hydrogen-bond acceptors (Lipinski definition) is 4. The van der Waals surface area contributed by atoms with Crippen LogP contribution in [0, 0.1) is 23.0 Å². The fourth-order valence-electron chi connectivity index (χ4n) is 2.22. The first-order valence-corrected chi connectivity index (χ1v) is 6.72. The van der Waals surface area contributed by atoms with E-state index in [1.54, 1.807) is 6.07 Å². The minimum atomic E-state index is -0.463. The average molecular weight is 285 g/mol. The highest BCUT2D eigenvalue weighted by atomic mass is 35.5. The molecule has 1 aromatic rings. The molecule has 1 N–H and O–H groups in total. The molecular formula is C13H17ClN2O3. The van der Waals surface area contributed by atoms with Crippen LogP contribution in [0.5, 0.6) is 0 Å². The molecule has 5 nitrogen and oxygen atoms in total. The molecule has 104 valence electrons. The van der Waals surface area contributed by atoms with E-state index in [1.807, 2.05) is 6.92 Å². The molecule has 0 bridgehead atoms. The maximum atomic E-state index is 10.8. The number of nitro groups is 1. The fraction of sp³-hybridized carbons (Fsp3) is 0.538. The normalized spacial score (nSPS) is 18.5. The van der Waals surface area contributed by atoms with Crippen LogP contribution in [0.4, 0.5) is 11.4 Å². The summed E-state index contributed by atoms with van der Waals surface area (Å²) in [5, 5.41) is 14.2. The molecule has 0 aromatic heterocycles. The Morgan fingerprint density at radius 2 is 2.37 bits per heavy atom. The van der Waals surface area contributed by atoms with Gasteiger partial charge in [-0.2, -0.15) is 0 Å². The molecular weight excluding hydrogens is 268 g/mol. The van der Waals surface area contributed by atoms with Gasteiger partial charge in [0.05, 0.1) is 4.92 Å². The number of rotatable bonds is 5. The molecule has 1 aliphatic heterocycles. The summed E-state index contributed by atoms with van der Waals surface area (Å²) in [4.78, 5) is 10.3. The first-order valence-electron chi connectivity index (χ1n) is 6.34. The van der Waals surface area contributed by atoms with E-state index in [0.29, 0.717) is 5.92 Å². The summed E-state index contributed by atoms with van der Waals surface area (Å²) in [5.41, 5.74) is 1.64. The van der Waals surface area contributed by atoms with E-state index in [0.717, 1.165) is 43.9 Å². The number of aryl methyl sites for hydroxylation is 1. The molecule has 0 amide bonds. The Labute approximate surface area is 117 Å². The van der Waals surface area contributed by atoms with Gasteiger partial charge in [0.2, 0.25) is 0 Å². The van der Waals surface area contributed by atoms with Gasteiger partial charge in [-0.15, -0.1) is 0 Å². The summed E-state index contributed by atoms with van der Waals surface area (Å²) >= 11 is 5.90. The molecule has 0 saturated carbocycles. The van der Waals surface area contributed by atoms with Crippen molar-refractivity contribution in [3.63, 3.8) is 0 Å². The van der Waals surface area contributed by atoms with Crippen molar-refractivity contribution < 1.29 is 9.66 Å². The van der Waals surface area contributed by atoms with Gasteiger partial charge < -0.3 is 10.1 Å². The van der Waals surface area contributed by atoms with E-state index in [9.17, 15) is 10.1 Å². The van der Waals surface area contributed by atoms with Crippen LogP contribution in [0.25, 0.3) is 0 Å². The highest BCUT2D eigenvalue weighted by Gasteiger charge is 2.17. The van der Waals surface area contributed by atoms with E-state index in [4.69, 9.17) is 16.3 Å². The molecule has 0 aliphatic carbocycles. The van der Waals surface area contributed by atoms with Crippen molar-refractivity contribution in [1.29, 1.82) is 0 Å². The second-order valence-corrected chi connectivity index (χ2v) is 5.23. The molecule has 0 spiro atoms. The third-order valence-corrected chi connectivity index (χ3v) is 3.69. The first-order chi connectivity index (χ1) is 9.08. The lowest BCUT2D eigenvalue weighted by atomic mass is 10.1. The Kier molecular flexibility index (Phi) is 4.61. The monoisotopic (exact) mass is 284 g/mol. The topological polar surface area (TPSA) is 64.4 Å². The summed E-state index contributed by atoms with van der Waals surface area (Å²) in [6.45, 7) is 4.35. The number of nitrogens with zero attached hydrogens (tertiary/aromatic N) is 1. The number of ether oxygens (including phenoxy) is 1. The standard InChI is InChI=1S/C13H17ClN2O3/c1-9-6-13(16(17)18)11(14)7-12(9)15-4-2-10-3-5-19-8-10/h6-7,10,15H,2-5,8H2,1H3. The van der Waals surface area contributed by atoms with Crippen LogP contribution in [-0.2, 0) is 4.74 Å². The van der Waals surface area contributed by atoms with Gasteiger partial charge in [0, 0.05) is 31.5 Å². The third-order valence-electron chi connectivity index (χ3n) is 3.38. The summed E-state index contributed by atoms with van der Waals surface area (Å²) in [6, 6.07) is 3.13. The number of anilines is 1. The number of benzene rings is 1. The average Bonchev–Trinajstić information content (AvgIpc) is 2.85. The van der Waals surface area contributed by atoms with Crippen LogP contribution >= 0.6 is 11.6 Å². The lowest BCUT2D eigenvalue weighted by Gasteiger charge is -2.12. The van der Waals surface area contributed by atoms with Gasteiger partial charge >= 0.3 is 0 Å². The molecule has 6 heteroatoms. The predicted molar refractivity (Wildman–Crippen MR) is 74.9 cm³/mol. The molecule has 1 aromatic carbocycles. The molecule has 2 rings (SSSR count). The van der Waals surface area contributed by atoms with Gasteiger partial charge in [-0.1, -0.05) is 11.6 Å². The van der Waals surface area contributed by atoms with E-state index >= 15 is 0 Å². The lowest BCUT2D eigenvalue weighted by molar-refractivity contribution is -0.384. The van der Waals surface area contributed by atoms with Crippen molar-refractivity contribution in [2.24, 2.45) is 5.92 Å². The van der Waals surface area contributed by atoms with Crippen LogP contribution in [0.3, 0.4) is 0 Å². The van der Waals surface area contributed by atoms with Crippen molar-refractivity contribution in [1.82, 2.24) is 0 Å². The Morgan fingerprint density at radius 1 is 1.58 bits per heavy atom. The molecule has 1 heterocycles. The summed E-state index contributed by atoms with van der Waals surface area (Å²) in [6.07, 6.45) is 2.15. The molecule has 19 heavy (non-hydrogen) atoms. The Hall–Kier alpha value is -1.33. The third kappa shape index (κ3) is 3.58. The van der Waals surface area contributed by atoms with Crippen molar-refractivity contribution in [2.45, 2.75) is 19.8 Å². The Balaban J connectivity index is 1.96. The van der Waals surface area contributed by atoms with Crippen LogP contribution in [0.2, 0.25) is 5.02 Å². The van der Waals surface area contributed by atoms with Crippen LogP contribution in [0.15, 0.2) is 12.1 Å². The van der Waals surface area contributed by atoms with Gasteiger partial charge in [-0.3, -0.25) is 10.1 Å².